The van der Waals surface area contributed by atoms with E-state index in [-0.39, 0.29) is 68.7 Å². The monoisotopic (exact) mass is 969 g/mol. The van der Waals surface area contributed by atoms with Crippen LogP contribution in [0, 0.1) is 27.3 Å². The van der Waals surface area contributed by atoms with Crippen molar-refractivity contribution >= 4 is 55.6 Å². The Balaban J connectivity index is 0.874. The third kappa shape index (κ3) is 8.86. The van der Waals surface area contributed by atoms with E-state index in [9.17, 15) is 32.8 Å². The second kappa shape index (κ2) is 17.8. The topological polar surface area (TPSA) is 192 Å². The molecule has 3 aromatic carbocycles. The van der Waals surface area contributed by atoms with Gasteiger partial charge < -0.3 is 29.8 Å². The molecule has 360 valence electrons. The van der Waals surface area contributed by atoms with E-state index >= 15 is 0 Å². The highest BCUT2D eigenvalue weighted by atomic mass is 35.5. The van der Waals surface area contributed by atoms with Crippen molar-refractivity contribution in [2.24, 2.45) is 11.3 Å². The van der Waals surface area contributed by atoms with Crippen LogP contribution in [-0.2, 0) is 10.0 Å². The molecule has 2 saturated heterocycles. The summed E-state index contributed by atoms with van der Waals surface area (Å²) in [6, 6.07) is 17.4. The van der Waals surface area contributed by atoms with E-state index in [4.69, 9.17) is 21.1 Å². The Kier molecular flexibility index (Phi) is 12.1. The number of aromatic nitrogens is 2. The van der Waals surface area contributed by atoms with Crippen LogP contribution in [0.3, 0.4) is 0 Å². The number of nitrogens with zero attached hydrogens (tertiary/aromatic N) is 4. The van der Waals surface area contributed by atoms with E-state index < -0.39 is 42.9 Å². The third-order valence-electron chi connectivity index (χ3n) is 15.4. The SMILES string of the molecule is CC(C)c1ccccc1[C@H]1CCC[C@H]1N1CC2(CCN(c3ccc(C(=O)NS(=O)(=O)c4cc5c(c([N+](=O)[O-])c4)N[C@@H](C4CCC(C)(O)CC4)CO5)c(Oc4cc5c(F)c[nH]c5nc4Cl)c3)CC2)C1. The predicted octanol–water partition coefficient (Wildman–Crippen LogP) is 9.65. The lowest BCUT2D eigenvalue weighted by molar-refractivity contribution is -0.384. The number of H-pyrrole nitrogens is 1. The van der Waals surface area contributed by atoms with E-state index in [2.05, 4.69) is 67.9 Å². The number of benzene rings is 3. The second-order valence-electron chi connectivity index (χ2n) is 20.3. The standard InChI is InChI=1S/C50H57ClFN7O8S/c1-29(2)33-7-4-5-8-34(33)35-9-6-10-40(35)58-27-50(28-58)17-19-57(20-18-50)31-11-12-36(42(21-31)67-44-24-37-38(52)25-53-47(37)55-46(44)51)48(60)56-68(64,65)32-22-41(59(62)63)45-43(23-32)66-26-39(54-45)30-13-15-49(3,61)16-14-30/h4-5,7-8,11-12,21-25,29-30,35,39-40,54,61H,6,9-10,13-20,26-28H2,1-3H3,(H,53,55)(H,56,60)/t30?,35-,39-,40-,49?/m1/s1. The lowest BCUT2D eigenvalue weighted by Crippen LogP contribution is -2.63. The van der Waals surface area contributed by atoms with Crippen LogP contribution in [0.25, 0.3) is 11.0 Å². The number of anilines is 2. The summed E-state index contributed by atoms with van der Waals surface area (Å²) < 4.78 is 57.0. The minimum absolute atomic E-state index is 0.0398. The molecule has 4 N–H and O–H groups in total. The fourth-order valence-corrected chi connectivity index (χ4v) is 12.7. The number of nitro benzene ring substituents is 1. The van der Waals surface area contributed by atoms with Crippen LogP contribution in [-0.4, -0.2) is 89.7 Å². The summed E-state index contributed by atoms with van der Waals surface area (Å²) >= 11 is 6.54. The zero-order chi connectivity index (χ0) is 47.7. The highest BCUT2D eigenvalue weighted by Crippen LogP contribution is 2.49. The quantitative estimate of drug-likeness (QED) is 0.0558. The van der Waals surface area contributed by atoms with Gasteiger partial charge in [-0.05, 0) is 111 Å². The molecule has 0 bridgehead atoms. The molecule has 1 spiro atoms. The molecular weight excluding hydrogens is 913 g/mol. The van der Waals surface area contributed by atoms with Gasteiger partial charge in [0.25, 0.3) is 21.6 Å². The molecule has 3 atom stereocenters. The molecule has 4 fully saturated rings. The Morgan fingerprint density at radius 1 is 1.04 bits per heavy atom. The van der Waals surface area contributed by atoms with E-state index in [0.717, 1.165) is 63.0 Å². The molecule has 15 nitrogen and oxygen atoms in total. The van der Waals surface area contributed by atoms with Gasteiger partial charge >= 0.3 is 0 Å². The number of amides is 1. The molecule has 2 aromatic heterocycles. The number of fused-ring (bicyclic) bond motifs is 2. The van der Waals surface area contributed by atoms with Crippen molar-refractivity contribution in [1.82, 2.24) is 19.6 Å². The number of aliphatic hydroxyl groups is 1. The number of pyridine rings is 1. The first kappa shape index (κ1) is 46.2. The number of rotatable bonds is 11. The number of hydrogen-bond donors (Lipinski definition) is 4. The fourth-order valence-electron chi connectivity index (χ4n) is 11.6. The summed E-state index contributed by atoms with van der Waals surface area (Å²) in [4.78, 5) is 37.2. The number of likely N-dealkylation sites (tertiary alicyclic amines) is 1. The number of nitro groups is 1. The number of sulfonamides is 1. The van der Waals surface area contributed by atoms with Crippen LogP contribution >= 0.6 is 11.6 Å². The number of carbonyl (C=O) groups excluding carboxylic acids is 1. The molecular formula is C50H57ClFN7O8S. The van der Waals surface area contributed by atoms with Gasteiger partial charge in [0, 0.05) is 62.3 Å². The number of aromatic amines is 1. The molecule has 18 heteroatoms. The maximum atomic E-state index is 14.7. The van der Waals surface area contributed by atoms with Gasteiger partial charge in [-0.15, -0.1) is 0 Å². The zero-order valence-corrected chi connectivity index (χ0v) is 40.0. The Hall–Kier alpha value is -5.49. The Morgan fingerprint density at radius 2 is 1.79 bits per heavy atom. The first-order chi connectivity index (χ1) is 32.5. The lowest BCUT2D eigenvalue weighted by Gasteiger charge is -2.57. The third-order valence-corrected chi connectivity index (χ3v) is 17.0. The van der Waals surface area contributed by atoms with Crippen molar-refractivity contribution in [3.63, 3.8) is 0 Å². The van der Waals surface area contributed by atoms with Gasteiger partial charge in [0.15, 0.2) is 22.3 Å². The Morgan fingerprint density at radius 3 is 2.53 bits per heavy atom. The summed E-state index contributed by atoms with van der Waals surface area (Å²) in [6.45, 7) is 10.1. The van der Waals surface area contributed by atoms with Crippen molar-refractivity contribution in [2.45, 2.75) is 113 Å². The smallest absolute Gasteiger partial charge is 0.297 e. The Bertz CT molecular complexity index is 2890. The van der Waals surface area contributed by atoms with Crippen molar-refractivity contribution in [3.05, 3.63) is 105 Å². The summed E-state index contributed by atoms with van der Waals surface area (Å²) in [5.41, 5.74) is 2.64. The van der Waals surface area contributed by atoms with Crippen LogP contribution in [0.2, 0.25) is 5.15 Å². The number of hydrogen-bond acceptors (Lipinski definition) is 12. The summed E-state index contributed by atoms with van der Waals surface area (Å²) in [6.07, 6.45) is 9.26. The highest BCUT2D eigenvalue weighted by Gasteiger charge is 2.49. The molecule has 1 amide bonds. The first-order valence-electron chi connectivity index (χ1n) is 23.7. The van der Waals surface area contributed by atoms with Gasteiger partial charge in [-0.1, -0.05) is 56.1 Å². The average Bonchev–Trinajstić information content (AvgIpc) is 3.93. The van der Waals surface area contributed by atoms with Crippen molar-refractivity contribution in [1.29, 1.82) is 0 Å². The van der Waals surface area contributed by atoms with Crippen molar-refractivity contribution in [2.75, 3.05) is 43.0 Å². The molecule has 2 aliphatic carbocycles. The number of halogens is 2. The maximum Gasteiger partial charge on any atom is 0.297 e. The largest absolute Gasteiger partial charge is 0.489 e. The fraction of sp³-hybridized carbons (Fsp3) is 0.480. The van der Waals surface area contributed by atoms with E-state index in [1.165, 1.54) is 42.5 Å². The van der Waals surface area contributed by atoms with Crippen molar-refractivity contribution in [3.8, 4) is 17.2 Å². The zero-order valence-electron chi connectivity index (χ0n) is 38.4. The predicted molar refractivity (Wildman–Crippen MR) is 257 cm³/mol. The van der Waals surface area contributed by atoms with Gasteiger partial charge in [0.1, 0.15) is 23.8 Å². The maximum absolute atomic E-state index is 14.7. The summed E-state index contributed by atoms with van der Waals surface area (Å²) in [5, 5.41) is 26.0. The molecule has 0 radical (unpaired) electrons. The number of piperidine rings is 1. The number of ether oxygens (including phenoxy) is 2. The highest BCUT2D eigenvalue weighted by molar-refractivity contribution is 7.90. The molecule has 3 aliphatic heterocycles. The van der Waals surface area contributed by atoms with Gasteiger partial charge in [-0.2, -0.15) is 0 Å². The van der Waals surface area contributed by atoms with E-state index in [1.807, 2.05) is 0 Å². The number of carbonyl (C=O) groups is 1. The van der Waals surface area contributed by atoms with E-state index in [1.54, 1.807) is 19.1 Å². The minimum Gasteiger partial charge on any atom is -0.489 e. The second-order valence-corrected chi connectivity index (χ2v) is 22.3. The van der Waals surface area contributed by atoms with Crippen LogP contribution < -0.4 is 24.4 Å². The lowest BCUT2D eigenvalue weighted by atomic mass is 9.70. The Labute approximate surface area is 399 Å². The molecule has 10 rings (SSSR count). The summed E-state index contributed by atoms with van der Waals surface area (Å²) in [7, 11) is -4.75. The van der Waals surface area contributed by atoms with Gasteiger partial charge in [0.05, 0.1) is 32.4 Å². The van der Waals surface area contributed by atoms with Crippen molar-refractivity contribution < 1.29 is 37.1 Å². The van der Waals surface area contributed by atoms with Crippen LogP contribution in [0.5, 0.6) is 17.2 Å². The molecule has 5 heterocycles. The molecule has 68 heavy (non-hydrogen) atoms. The molecule has 2 saturated carbocycles. The number of nitrogens with one attached hydrogen (secondary N) is 3. The van der Waals surface area contributed by atoms with Gasteiger partial charge in [-0.3, -0.25) is 19.8 Å². The van der Waals surface area contributed by atoms with Crippen LogP contribution in [0.15, 0.2) is 71.8 Å². The summed E-state index contributed by atoms with van der Waals surface area (Å²) in [5.74, 6) is -0.737. The molecule has 0 unspecified atom stereocenters. The van der Waals surface area contributed by atoms with Gasteiger partial charge in [0.2, 0.25) is 0 Å². The normalized spacial score (nSPS) is 24.8. The first-order valence-corrected chi connectivity index (χ1v) is 25.6. The average molecular weight is 971 g/mol. The van der Waals surface area contributed by atoms with Crippen LogP contribution in [0.4, 0.5) is 21.5 Å². The molecule has 5 aromatic rings. The van der Waals surface area contributed by atoms with E-state index in [0.29, 0.717) is 43.6 Å². The minimum atomic E-state index is -4.75. The van der Waals surface area contributed by atoms with Crippen LogP contribution in [0.1, 0.15) is 112 Å². The molecule has 5 aliphatic rings. The van der Waals surface area contributed by atoms with Gasteiger partial charge in [-0.25, -0.2) is 22.5 Å².